The summed E-state index contributed by atoms with van der Waals surface area (Å²) in [5.74, 6) is 0.380. The van der Waals surface area contributed by atoms with Gasteiger partial charge in [0.1, 0.15) is 11.4 Å². The minimum absolute atomic E-state index is 0.276. The van der Waals surface area contributed by atoms with E-state index >= 15 is 0 Å². The summed E-state index contributed by atoms with van der Waals surface area (Å²) in [6.45, 7) is 5.97. The number of carbonyl (C=O) groups is 1. The molecule has 0 bridgehead atoms. The average molecular weight is 272 g/mol. The van der Waals surface area contributed by atoms with Crippen LogP contribution in [0.4, 0.5) is 0 Å². The van der Waals surface area contributed by atoms with Gasteiger partial charge in [0, 0.05) is 6.42 Å². The van der Waals surface area contributed by atoms with E-state index in [9.17, 15) is 4.79 Å². The molecule has 0 saturated carbocycles. The van der Waals surface area contributed by atoms with Crippen molar-refractivity contribution in [3.05, 3.63) is 53.3 Å². The fourth-order valence-corrected chi connectivity index (χ4v) is 2.29. The van der Waals surface area contributed by atoms with Crippen LogP contribution in [0.5, 0.6) is 0 Å². The Balaban J connectivity index is 2.08. The molecule has 20 heavy (non-hydrogen) atoms. The maximum Gasteiger partial charge on any atom is 0.337 e. The first-order valence-electron chi connectivity index (χ1n) is 6.84. The first kappa shape index (κ1) is 14.4. The summed E-state index contributed by atoms with van der Waals surface area (Å²) in [5.41, 5.74) is 1.26. The van der Waals surface area contributed by atoms with E-state index in [2.05, 4.69) is 0 Å². The zero-order valence-corrected chi connectivity index (χ0v) is 12.2. The molecule has 1 heterocycles. The summed E-state index contributed by atoms with van der Waals surface area (Å²) < 4.78 is 10.9. The molecule has 1 aliphatic rings. The molecule has 3 nitrogen and oxygen atoms in total. The predicted molar refractivity (Wildman–Crippen MR) is 78.9 cm³/mol. The van der Waals surface area contributed by atoms with Crippen LogP contribution in [0.15, 0.2) is 47.7 Å². The molecule has 0 radical (unpaired) electrons. The molecule has 1 aromatic carbocycles. The van der Waals surface area contributed by atoms with Crippen LogP contribution in [-0.4, -0.2) is 18.2 Å². The van der Waals surface area contributed by atoms with E-state index in [1.807, 2.05) is 56.3 Å². The van der Waals surface area contributed by atoms with Crippen LogP contribution in [0.1, 0.15) is 32.8 Å². The maximum atomic E-state index is 11.8. The van der Waals surface area contributed by atoms with Gasteiger partial charge in [-0.05, 0) is 32.4 Å². The number of rotatable bonds is 4. The van der Waals surface area contributed by atoms with Crippen molar-refractivity contribution >= 4 is 12.0 Å². The van der Waals surface area contributed by atoms with E-state index in [1.165, 1.54) is 0 Å². The summed E-state index contributed by atoms with van der Waals surface area (Å²) in [6.07, 6.45) is 4.56. The summed E-state index contributed by atoms with van der Waals surface area (Å²) in [5, 5.41) is 0. The highest BCUT2D eigenvalue weighted by Gasteiger charge is 2.36. The smallest absolute Gasteiger partial charge is 0.337 e. The van der Waals surface area contributed by atoms with Crippen LogP contribution in [0.2, 0.25) is 0 Å². The third-order valence-electron chi connectivity index (χ3n) is 3.29. The van der Waals surface area contributed by atoms with Gasteiger partial charge in [-0.25, -0.2) is 4.79 Å². The Morgan fingerprint density at radius 3 is 2.75 bits per heavy atom. The Hall–Kier alpha value is -2.03. The summed E-state index contributed by atoms with van der Waals surface area (Å²) in [4.78, 5) is 11.8. The van der Waals surface area contributed by atoms with Crippen molar-refractivity contribution in [3.63, 3.8) is 0 Å². The highest BCUT2D eigenvalue weighted by atomic mass is 16.5. The molecule has 0 fully saturated rings. The van der Waals surface area contributed by atoms with Crippen LogP contribution in [0.3, 0.4) is 0 Å². The van der Waals surface area contributed by atoms with Crippen molar-refractivity contribution in [1.82, 2.24) is 0 Å². The molecular formula is C17H20O3. The fraction of sp³-hybridized carbons (Fsp3) is 0.353. The third kappa shape index (κ3) is 3.29. The summed E-state index contributed by atoms with van der Waals surface area (Å²) >= 11 is 0. The normalized spacial score (nSPS) is 22.1. The summed E-state index contributed by atoms with van der Waals surface area (Å²) in [7, 11) is 0. The number of esters is 1. The number of ether oxygens (including phenoxy) is 2. The Morgan fingerprint density at radius 2 is 2.10 bits per heavy atom. The van der Waals surface area contributed by atoms with E-state index < -0.39 is 5.60 Å². The van der Waals surface area contributed by atoms with Gasteiger partial charge in [0.05, 0.1) is 12.2 Å². The van der Waals surface area contributed by atoms with E-state index in [0.717, 1.165) is 5.56 Å². The third-order valence-corrected chi connectivity index (χ3v) is 3.29. The van der Waals surface area contributed by atoms with Gasteiger partial charge < -0.3 is 9.47 Å². The van der Waals surface area contributed by atoms with Gasteiger partial charge in [-0.1, -0.05) is 36.4 Å². The largest absolute Gasteiger partial charge is 0.487 e. The molecule has 0 N–H and O–H groups in total. The number of benzene rings is 1. The molecule has 0 aliphatic carbocycles. The highest BCUT2D eigenvalue weighted by molar-refractivity contribution is 5.89. The van der Waals surface area contributed by atoms with Gasteiger partial charge in [0.15, 0.2) is 0 Å². The molecule has 0 spiro atoms. The molecule has 0 amide bonds. The summed E-state index contributed by atoms with van der Waals surface area (Å²) in [6, 6.07) is 10.0. The van der Waals surface area contributed by atoms with E-state index in [0.29, 0.717) is 24.4 Å². The lowest BCUT2D eigenvalue weighted by molar-refractivity contribution is -0.138. The van der Waals surface area contributed by atoms with Crippen molar-refractivity contribution in [2.24, 2.45) is 0 Å². The van der Waals surface area contributed by atoms with Crippen LogP contribution >= 0.6 is 0 Å². The minimum atomic E-state index is -0.484. The van der Waals surface area contributed by atoms with Gasteiger partial charge in [0.25, 0.3) is 0 Å². The van der Waals surface area contributed by atoms with E-state index in [1.54, 1.807) is 6.92 Å². The van der Waals surface area contributed by atoms with Crippen LogP contribution in [-0.2, 0) is 14.3 Å². The van der Waals surface area contributed by atoms with Crippen LogP contribution in [0.25, 0.3) is 6.08 Å². The molecular weight excluding hydrogens is 252 g/mol. The molecule has 0 saturated heterocycles. The lowest BCUT2D eigenvalue weighted by atomic mass is 9.97. The monoisotopic (exact) mass is 272 g/mol. The van der Waals surface area contributed by atoms with Gasteiger partial charge in [-0.3, -0.25) is 0 Å². The Morgan fingerprint density at radius 1 is 1.40 bits per heavy atom. The zero-order valence-electron chi connectivity index (χ0n) is 12.2. The van der Waals surface area contributed by atoms with Gasteiger partial charge in [-0.15, -0.1) is 0 Å². The lowest BCUT2D eigenvalue weighted by Gasteiger charge is -2.20. The van der Waals surface area contributed by atoms with Crippen molar-refractivity contribution in [1.29, 1.82) is 0 Å². The van der Waals surface area contributed by atoms with Gasteiger partial charge >= 0.3 is 5.97 Å². The maximum absolute atomic E-state index is 11.8. The first-order chi connectivity index (χ1) is 9.54. The van der Waals surface area contributed by atoms with Gasteiger partial charge in [0.2, 0.25) is 0 Å². The molecule has 1 atom stereocenters. The topological polar surface area (TPSA) is 35.5 Å². The second-order valence-electron chi connectivity index (χ2n) is 5.09. The number of hydrogen-bond donors (Lipinski definition) is 0. The lowest BCUT2D eigenvalue weighted by Crippen LogP contribution is -2.21. The second-order valence-corrected chi connectivity index (χ2v) is 5.09. The first-order valence-corrected chi connectivity index (χ1v) is 6.84. The average Bonchev–Trinajstić information content (AvgIpc) is 2.74. The molecule has 1 aliphatic heterocycles. The van der Waals surface area contributed by atoms with Crippen LogP contribution in [0, 0.1) is 0 Å². The van der Waals surface area contributed by atoms with E-state index in [4.69, 9.17) is 9.47 Å². The van der Waals surface area contributed by atoms with Crippen molar-refractivity contribution in [2.45, 2.75) is 32.8 Å². The molecule has 1 unspecified atom stereocenters. The minimum Gasteiger partial charge on any atom is -0.487 e. The number of carbonyl (C=O) groups excluding carboxylic acids is 1. The second kappa shape index (κ2) is 5.95. The van der Waals surface area contributed by atoms with Crippen molar-refractivity contribution < 1.29 is 14.3 Å². The number of allylic oxidation sites excluding steroid dienone is 1. The molecule has 1 aromatic rings. The SMILES string of the molecule is CCOC(=O)C1=C(C)OC(C)(/C=C/c2ccccc2)C1. The van der Waals surface area contributed by atoms with Gasteiger partial charge in [-0.2, -0.15) is 0 Å². The molecule has 3 heteroatoms. The van der Waals surface area contributed by atoms with E-state index in [-0.39, 0.29) is 5.97 Å². The standard InChI is InChI=1S/C17H20O3/c1-4-19-16(18)15-12-17(3,20-13(15)2)11-10-14-8-6-5-7-9-14/h5-11H,4,12H2,1-3H3/b11-10+. The quantitative estimate of drug-likeness (QED) is 0.784. The Bertz CT molecular complexity index is 543. The molecule has 0 aromatic heterocycles. The zero-order chi connectivity index (χ0) is 14.6. The predicted octanol–water partition coefficient (Wildman–Crippen LogP) is 3.72. The van der Waals surface area contributed by atoms with Crippen molar-refractivity contribution in [2.75, 3.05) is 6.61 Å². The van der Waals surface area contributed by atoms with Crippen LogP contribution < -0.4 is 0 Å². The van der Waals surface area contributed by atoms with Crippen molar-refractivity contribution in [3.8, 4) is 0 Å². The highest BCUT2D eigenvalue weighted by Crippen LogP contribution is 2.35. The fourth-order valence-electron chi connectivity index (χ4n) is 2.29. The Labute approximate surface area is 119 Å². The Kier molecular flexibility index (Phi) is 4.28. The number of hydrogen-bond acceptors (Lipinski definition) is 3. The molecule has 2 rings (SSSR count). The molecule has 106 valence electrons.